The van der Waals surface area contributed by atoms with E-state index in [4.69, 9.17) is 10.5 Å². The summed E-state index contributed by atoms with van der Waals surface area (Å²) in [6, 6.07) is 4.67. The highest BCUT2D eigenvalue weighted by Crippen LogP contribution is 2.15. The number of rotatable bonds is 6. The van der Waals surface area contributed by atoms with Gasteiger partial charge in [-0.2, -0.15) is 0 Å². The quantitative estimate of drug-likeness (QED) is 0.801. The zero-order valence-corrected chi connectivity index (χ0v) is 11.8. The number of benzene rings is 1. The maximum absolute atomic E-state index is 12.1. The summed E-state index contributed by atoms with van der Waals surface area (Å²) >= 11 is 0. The molecule has 0 aromatic heterocycles. The maximum atomic E-state index is 12.1. The fourth-order valence-electron chi connectivity index (χ4n) is 1.65. The first-order valence-electron chi connectivity index (χ1n) is 5.71. The molecule has 6 heteroatoms. The van der Waals surface area contributed by atoms with Crippen LogP contribution in [-0.2, 0) is 21.3 Å². The predicted molar refractivity (Wildman–Crippen MR) is 70.7 cm³/mol. The van der Waals surface area contributed by atoms with Gasteiger partial charge in [-0.1, -0.05) is 6.07 Å². The molecule has 0 fully saturated rings. The number of nitrogens with one attached hydrogen (secondary N) is 1. The lowest BCUT2D eigenvalue weighted by Crippen LogP contribution is -2.35. The smallest absolute Gasteiger partial charge is 0.240 e. The summed E-state index contributed by atoms with van der Waals surface area (Å²) in [6.07, 6.45) is 0. The lowest BCUT2D eigenvalue weighted by molar-refractivity contribution is 0.180. The zero-order valence-electron chi connectivity index (χ0n) is 10.9. The molecule has 1 aromatic rings. The number of ether oxygens (including phenoxy) is 1. The third-order valence-corrected chi connectivity index (χ3v) is 4.21. The van der Waals surface area contributed by atoms with Gasteiger partial charge < -0.3 is 10.5 Å². The molecule has 0 aliphatic rings. The SMILES string of the molecule is COCC(C)NS(=O)(=O)c1ccc(C)c(CN)c1. The number of hydrogen-bond acceptors (Lipinski definition) is 4. The summed E-state index contributed by atoms with van der Waals surface area (Å²) in [6.45, 7) is 4.30. The van der Waals surface area contributed by atoms with Crippen molar-refractivity contribution in [2.75, 3.05) is 13.7 Å². The van der Waals surface area contributed by atoms with E-state index in [0.717, 1.165) is 11.1 Å². The van der Waals surface area contributed by atoms with Crippen molar-refractivity contribution in [2.24, 2.45) is 5.73 Å². The Balaban J connectivity index is 2.98. The number of sulfonamides is 1. The van der Waals surface area contributed by atoms with E-state index in [9.17, 15) is 8.42 Å². The van der Waals surface area contributed by atoms with Gasteiger partial charge in [0.2, 0.25) is 10.0 Å². The van der Waals surface area contributed by atoms with Crippen molar-refractivity contribution >= 4 is 10.0 Å². The van der Waals surface area contributed by atoms with Gasteiger partial charge in [0.05, 0.1) is 11.5 Å². The fraction of sp³-hybridized carbons (Fsp3) is 0.500. The molecule has 0 amide bonds. The van der Waals surface area contributed by atoms with Gasteiger partial charge in [0.1, 0.15) is 0 Å². The molecule has 0 aliphatic carbocycles. The van der Waals surface area contributed by atoms with Crippen molar-refractivity contribution in [3.63, 3.8) is 0 Å². The van der Waals surface area contributed by atoms with Crippen LogP contribution in [-0.4, -0.2) is 28.2 Å². The van der Waals surface area contributed by atoms with Gasteiger partial charge in [-0.3, -0.25) is 0 Å². The molecule has 5 nitrogen and oxygen atoms in total. The van der Waals surface area contributed by atoms with Gasteiger partial charge >= 0.3 is 0 Å². The fourth-order valence-corrected chi connectivity index (χ4v) is 2.93. The molecule has 1 atom stereocenters. The van der Waals surface area contributed by atoms with Crippen LogP contribution in [0, 0.1) is 6.92 Å². The molecular formula is C12H20N2O3S. The Morgan fingerprint density at radius 3 is 2.67 bits per heavy atom. The number of methoxy groups -OCH3 is 1. The minimum absolute atomic E-state index is 0.233. The average Bonchev–Trinajstić information content (AvgIpc) is 2.28. The second-order valence-corrected chi connectivity index (χ2v) is 5.98. The van der Waals surface area contributed by atoms with Gasteiger partial charge in [0.15, 0.2) is 0 Å². The van der Waals surface area contributed by atoms with Gasteiger partial charge in [-0.25, -0.2) is 13.1 Å². The van der Waals surface area contributed by atoms with Crippen LogP contribution in [0.2, 0.25) is 0 Å². The predicted octanol–water partition coefficient (Wildman–Crippen LogP) is 0.767. The number of hydrogen-bond donors (Lipinski definition) is 2. The van der Waals surface area contributed by atoms with Crippen LogP contribution >= 0.6 is 0 Å². The normalized spacial score (nSPS) is 13.6. The second kappa shape index (κ2) is 6.29. The molecule has 0 spiro atoms. The molecule has 0 bridgehead atoms. The molecule has 0 aliphatic heterocycles. The Morgan fingerprint density at radius 1 is 1.44 bits per heavy atom. The summed E-state index contributed by atoms with van der Waals surface area (Å²) in [5, 5.41) is 0. The topological polar surface area (TPSA) is 81.4 Å². The van der Waals surface area contributed by atoms with Crippen LogP contribution in [0.4, 0.5) is 0 Å². The summed E-state index contributed by atoms with van der Waals surface area (Å²) in [4.78, 5) is 0.233. The Bertz CT molecular complexity index is 500. The number of aryl methyl sites for hydroxylation is 1. The van der Waals surface area contributed by atoms with Crippen LogP contribution < -0.4 is 10.5 Å². The summed E-state index contributed by atoms with van der Waals surface area (Å²) in [5.74, 6) is 0. The lowest BCUT2D eigenvalue weighted by Gasteiger charge is -2.14. The van der Waals surface area contributed by atoms with E-state index in [1.54, 1.807) is 25.1 Å². The minimum Gasteiger partial charge on any atom is -0.383 e. The Kier molecular flexibility index (Phi) is 5.28. The van der Waals surface area contributed by atoms with Crippen molar-refractivity contribution in [2.45, 2.75) is 31.3 Å². The largest absolute Gasteiger partial charge is 0.383 e. The molecule has 0 saturated heterocycles. The van der Waals surface area contributed by atoms with Crippen molar-refractivity contribution in [3.8, 4) is 0 Å². The summed E-state index contributed by atoms with van der Waals surface area (Å²) in [7, 11) is -1.99. The van der Waals surface area contributed by atoms with Crippen LogP contribution in [0.1, 0.15) is 18.1 Å². The van der Waals surface area contributed by atoms with Gasteiger partial charge in [0, 0.05) is 19.7 Å². The highest BCUT2D eigenvalue weighted by Gasteiger charge is 2.17. The third-order valence-electron chi connectivity index (χ3n) is 2.62. The first-order chi connectivity index (χ1) is 8.40. The first-order valence-corrected chi connectivity index (χ1v) is 7.20. The Labute approximate surface area is 108 Å². The van der Waals surface area contributed by atoms with Crippen LogP contribution in [0.3, 0.4) is 0 Å². The Hall–Kier alpha value is -0.950. The van der Waals surface area contributed by atoms with Crippen molar-refractivity contribution in [1.29, 1.82) is 0 Å². The van der Waals surface area contributed by atoms with Crippen LogP contribution in [0.25, 0.3) is 0 Å². The molecule has 102 valence electrons. The zero-order chi connectivity index (χ0) is 13.8. The third kappa shape index (κ3) is 3.78. The molecule has 3 N–H and O–H groups in total. The molecule has 1 rings (SSSR count). The maximum Gasteiger partial charge on any atom is 0.240 e. The van der Waals surface area contributed by atoms with Crippen LogP contribution in [0.15, 0.2) is 23.1 Å². The van der Waals surface area contributed by atoms with E-state index >= 15 is 0 Å². The van der Waals surface area contributed by atoms with Crippen molar-refractivity contribution < 1.29 is 13.2 Å². The van der Waals surface area contributed by atoms with E-state index in [0.29, 0.717) is 13.2 Å². The summed E-state index contributed by atoms with van der Waals surface area (Å²) in [5.41, 5.74) is 7.39. The van der Waals surface area contributed by atoms with E-state index in [1.165, 1.54) is 7.11 Å². The van der Waals surface area contributed by atoms with Crippen molar-refractivity contribution in [3.05, 3.63) is 29.3 Å². The molecule has 18 heavy (non-hydrogen) atoms. The monoisotopic (exact) mass is 272 g/mol. The van der Waals surface area contributed by atoms with Gasteiger partial charge in [-0.15, -0.1) is 0 Å². The highest BCUT2D eigenvalue weighted by atomic mass is 32.2. The highest BCUT2D eigenvalue weighted by molar-refractivity contribution is 7.89. The lowest BCUT2D eigenvalue weighted by atomic mass is 10.1. The van der Waals surface area contributed by atoms with Gasteiger partial charge in [0.25, 0.3) is 0 Å². The van der Waals surface area contributed by atoms with Gasteiger partial charge in [-0.05, 0) is 37.1 Å². The van der Waals surface area contributed by atoms with Crippen molar-refractivity contribution in [1.82, 2.24) is 4.72 Å². The second-order valence-electron chi connectivity index (χ2n) is 4.27. The molecule has 0 heterocycles. The molecule has 0 radical (unpaired) electrons. The average molecular weight is 272 g/mol. The molecule has 1 unspecified atom stereocenters. The van der Waals surface area contributed by atoms with E-state index < -0.39 is 10.0 Å². The van der Waals surface area contributed by atoms with E-state index in [2.05, 4.69) is 4.72 Å². The molecule has 0 saturated carbocycles. The van der Waals surface area contributed by atoms with Crippen LogP contribution in [0.5, 0.6) is 0 Å². The first kappa shape index (κ1) is 15.1. The standard InChI is InChI=1S/C12H20N2O3S/c1-9-4-5-12(6-11(9)7-13)18(15,16)14-10(2)8-17-3/h4-6,10,14H,7-8,13H2,1-3H3. The molecule has 1 aromatic carbocycles. The Morgan fingerprint density at radius 2 is 2.11 bits per heavy atom. The van der Waals surface area contributed by atoms with E-state index in [-0.39, 0.29) is 10.9 Å². The summed E-state index contributed by atoms with van der Waals surface area (Å²) < 4.78 is 31.6. The minimum atomic E-state index is -3.52. The number of nitrogens with two attached hydrogens (primary N) is 1. The van der Waals surface area contributed by atoms with E-state index in [1.807, 2.05) is 6.92 Å². The molecular weight excluding hydrogens is 252 g/mol.